The predicted octanol–water partition coefficient (Wildman–Crippen LogP) is 3.53. The van der Waals surface area contributed by atoms with Gasteiger partial charge in [0, 0.05) is 17.7 Å². The third-order valence-corrected chi connectivity index (χ3v) is 6.44. The molecule has 1 aromatic carbocycles. The van der Waals surface area contributed by atoms with E-state index in [0.717, 1.165) is 30.2 Å². The first kappa shape index (κ1) is 15.8. The lowest BCUT2D eigenvalue weighted by molar-refractivity contribution is 0.359. The summed E-state index contributed by atoms with van der Waals surface area (Å²) >= 11 is 6.35. The summed E-state index contributed by atoms with van der Waals surface area (Å²) in [5.74, 6) is 0.712. The van der Waals surface area contributed by atoms with Crippen molar-refractivity contribution in [1.82, 2.24) is 5.32 Å². The van der Waals surface area contributed by atoms with E-state index in [0.29, 0.717) is 23.7 Å². The van der Waals surface area contributed by atoms with Gasteiger partial charge in [-0.2, -0.15) is 0 Å². The molecule has 4 nitrogen and oxygen atoms in total. The third kappa shape index (κ3) is 3.31. The highest BCUT2D eigenvalue weighted by Crippen LogP contribution is 2.31. The lowest BCUT2D eigenvalue weighted by atomic mass is 9.95. The van der Waals surface area contributed by atoms with Crippen molar-refractivity contribution in [3.63, 3.8) is 0 Å². The Labute approximate surface area is 135 Å². The summed E-state index contributed by atoms with van der Waals surface area (Å²) in [6, 6.07) is 7.86. The average molecular weight is 342 g/mol. The number of hydrogen-bond donors (Lipinski definition) is 1. The van der Waals surface area contributed by atoms with Gasteiger partial charge in [-0.25, -0.2) is 8.42 Å². The number of furan rings is 1. The zero-order valence-electron chi connectivity index (χ0n) is 12.5. The van der Waals surface area contributed by atoms with Gasteiger partial charge in [-0.1, -0.05) is 30.2 Å². The molecule has 1 aliphatic carbocycles. The highest BCUT2D eigenvalue weighted by molar-refractivity contribution is 7.91. The quantitative estimate of drug-likeness (QED) is 0.924. The first-order valence-electron chi connectivity index (χ1n) is 7.53. The van der Waals surface area contributed by atoms with Crippen molar-refractivity contribution in [3.05, 3.63) is 35.0 Å². The molecule has 0 aliphatic heterocycles. The Bertz CT molecular complexity index is 769. The van der Waals surface area contributed by atoms with E-state index in [4.69, 9.17) is 16.0 Å². The maximum atomic E-state index is 11.7. The molecule has 1 aliphatic rings. The van der Waals surface area contributed by atoms with Gasteiger partial charge in [-0.05, 0) is 31.4 Å². The van der Waals surface area contributed by atoms with Crippen molar-refractivity contribution in [2.24, 2.45) is 0 Å². The Kier molecular flexibility index (Phi) is 4.48. The van der Waals surface area contributed by atoms with Crippen molar-refractivity contribution in [1.29, 1.82) is 0 Å². The number of para-hydroxylation sites is 1. The minimum absolute atomic E-state index is 0.192. The highest BCUT2D eigenvalue weighted by Gasteiger charge is 2.28. The van der Waals surface area contributed by atoms with Crippen LogP contribution in [0.5, 0.6) is 0 Å². The Morgan fingerprint density at radius 2 is 2.09 bits per heavy atom. The second kappa shape index (κ2) is 6.22. The van der Waals surface area contributed by atoms with Crippen molar-refractivity contribution in [2.45, 2.75) is 43.5 Å². The molecule has 1 saturated carbocycles. The molecule has 3 rings (SSSR count). The second-order valence-corrected chi connectivity index (χ2v) is 8.74. The number of benzene rings is 1. The molecule has 1 heterocycles. The maximum absolute atomic E-state index is 11.7. The van der Waals surface area contributed by atoms with Crippen LogP contribution in [0.15, 0.2) is 28.7 Å². The molecule has 1 fully saturated rings. The number of halogens is 1. The molecular weight excluding hydrogens is 322 g/mol. The van der Waals surface area contributed by atoms with Crippen LogP contribution in [-0.2, 0) is 16.4 Å². The lowest BCUT2D eigenvalue weighted by Gasteiger charge is -2.28. The molecule has 6 heteroatoms. The minimum Gasteiger partial charge on any atom is -0.458 e. The minimum atomic E-state index is -2.96. The van der Waals surface area contributed by atoms with Crippen LogP contribution in [0, 0.1) is 0 Å². The highest BCUT2D eigenvalue weighted by atomic mass is 35.5. The number of rotatable bonds is 4. The summed E-state index contributed by atoms with van der Waals surface area (Å²) < 4.78 is 29.2. The van der Waals surface area contributed by atoms with E-state index >= 15 is 0 Å². The van der Waals surface area contributed by atoms with E-state index in [9.17, 15) is 8.42 Å². The largest absolute Gasteiger partial charge is 0.458 e. The fourth-order valence-electron chi connectivity index (χ4n) is 3.13. The molecule has 2 aromatic rings. The standard InChI is InChI=1S/C16H20ClNO3S/c1-22(19,20)12-6-4-5-11(9-12)18-10-15-16(17)13-7-2-3-8-14(13)21-15/h2-3,7-8,11-12,18H,4-6,9-10H2,1H3. The molecule has 1 aromatic heterocycles. The summed E-state index contributed by atoms with van der Waals surface area (Å²) in [5.41, 5.74) is 0.780. The van der Waals surface area contributed by atoms with E-state index in [2.05, 4.69) is 5.32 Å². The topological polar surface area (TPSA) is 59.3 Å². The van der Waals surface area contributed by atoms with Crippen LogP contribution in [0.4, 0.5) is 0 Å². The van der Waals surface area contributed by atoms with E-state index < -0.39 is 9.84 Å². The van der Waals surface area contributed by atoms with E-state index in [-0.39, 0.29) is 11.3 Å². The monoisotopic (exact) mass is 341 g/mol. The van der Waals surface area contributed by atoms with E-state index in [1.165, 1.54) is 6.26 Å². The van der Waals surface area contributed by atoms with E-state index in [1.807, 2.05) is 24.3 Å². The predicted molar refractivity (Wildman–Crippen MR) is 89.0 cm³/mol. The fourth-order valence-corrected chi connectivity index (χ4v) is 4.57. The summed E-state index contributed by atoms with van der Waals surface area (Å²) in [7, 11) is -2.96. The molecule has 1 N–H and O–H groups in total. The molecule has 0 bridgehead atoms. The molecule has 22 heavy (non-hydrogen) atoms. The Hall–Kier alpha value is -1.04. The Morgan fingerprint density at radius 1 is 1.32 bits per heavy atom. The first-order valence-corrected chi connectivity index (χ1v) is 9.86. The van der Waals surface area contributed by atoms with Crippen molar-refractivity contribution < 1.29 is 12.8 Å². The van der Waals surface area contributed by atoms with Crippen LogP contribution >= 0.6 is 11.6 Å². The molecular formula is C16H20ClNO3S. The van der Waals surface area contributed by atoms with Gasteiger partial charge in [0.05, 0.1) is 16.8 Å². The smallest absolute Gasteiger partial charge is 0.150 e. The number of nitrogens with one attached hydrogen (secondary N) is 1. The average Bonchev–Trinajstić information content (AvgIpc) is 2.82. The van der Waals surface area contributed by atoms with Gasteiger partial charge >= 0.3 is 0 Å². The molecule has 0 radical (unpaired) electrons. The summed E-state index contributed by atoms with van der Waals surface area (Å²) in [6.07, 6.45) is 4.68. The Morgan fingerprint density at radius 3 is 2.82 bits per heavy atom. The van der Waals surface area contributed by atoms with Crippen LogP contribution in [0.25, 0.3) is 11.0 Å². The van der Waals surface area contributed by atoms with Crippen molar-refractivity contribution in [3.8, 4) is 0 Å². The number of hydrogen-bond acceptors (Lipinski definition) is 4. The summed E-state index contributed by atoms with van der Waals surface area (Å²) in [6.45, 7) is 0.522. The summed E-state index contributed by atoms with van der Waals surface area (Å²) in [5, 5.41) is 4.72. The van der Waals surface area contributed by atoms with Gasteiger partial charge in [0.15, 0.2) is 0 Å². The molecule has 2 unspecified atom stereocenters. The van der Waals surface area contributed by atoms with Crippen LogP contribution in [0.2, 0.25) is 5.02 Å². The third-order valence-electron chi connectivity index (χ3n) is 4.38. The normalized spacial score (nSPS) is 23.0. The van der Waals surface area contributed by atoms with Gasteiger partial charge in [0.2, 0.25) is 0 Å². The van der Waals surface area contributed by atoms with Gasteiger partial charge in [0.1, 0.15) is 21.2 Å². The molecule has 0 amide bonds. The van der Waals surface area contributed by atoms with E-state index in [1.54, 1.807) is 0 Å². The molecule has 0 saturated heterocycles. The second-order valence-electron chi connectivity index (χ2n) is 6.03. The fraction of sp³-hybridized carbons (Fsp3) is 0.500. The summed E-state index contributed by atoms with van der Waals surface area (Å²) in [4.78, 5) is 0. The zero-order chi connectivity index (χ0) is 15.7. The van der Waals surface area contributed by atoms with Crippen LogP contribution in [0.1, 0.15) is 31.4 Å². The van der Waals surface area contributed by atoms with Crippen molar-refractivity contribution in [2.75, 3.05) is 6.26 Å². The lowest BCUT2D eigenvalue weighted by Crippen LogP contribution is -2.38. The van der Waals surface area contributed by atoms with Crippen LogP contribution in [-0.4, -0.2) is 26.0 Å². The van der Waals surface area contributed by atoms with Gasteiger partial charge in [0.25, 0.3) is 0 Å². The van der Waals surface area contributed by atoms with Crippen LogP contribution < -0.4 is 5.32 Å². The van der Waals surface area contributed by atoms with Crippen LogP contribution in [0.3, 0.4) is 0 Å². The SMILES string of the molecule is CS(=O)(=O)C1CCCC(NCc2oc3ccccc3c2Cl)C1. The van der Waals surface area contributed by atoms with Gasteiger partial charge in [-0.3, -0.25) is 0 Å². The van der Waals surface area contributed by atoms with Crippen molar-refractivity contribution >= 4 is 32.4 Å². The maximum Gasteiger partial charge on any atom is 0.150 e. The Balaban J connectivity index is 1.67. The van der Waals surface area contributed by atoms with Gasteiger partial charge in [-0.15, -0.1) is 0 Å². The number of sulfone groups is 1. The van der Waals surface area contributed by atoms with Gasteiger partial charge < -0.3 is 9.73 Å². The first-order chi connectivity index (χ1) is 10.4. The molecule has 0 spiro atoms. The number of fused-ring (bicyclic) bond motifs is 1. The molecule has 120 valence electrons. The molecule has 2 atom stereocenters. The zero-order valence-corrected chi connectivity index (χ0v) is 14.1.